The van der Waals surface area contributed by atoms with Gasteiger partial charge in [0, 0.05) is 13.1 Å². The highest BCUT2D eigenvalue weighted by atomic mass is 16.7. The average molecular weight is 676 g/mol. The van der Waals surface area contributed by atoms with Crippen molar-refractivity contribution in [1.29, 1.82) is 0 Å². The van der Waals surface area contributed by atoms with Crippen molar-refractivity contribution in [3.8, 4) is 0 Å². The summed E-state index contributed by atoms with van der Waals surface area (Å²) in [5.74, 6) is -5.85. The molecule has 16 heteroatoms. The molecule has 0 unspecified atom stereocenters. The second-order valence-electron chi connectivity index (χ2n) is 10.9. The number of benzene rings is 3. The molecule has 7 N–H and O–H groups in total. The average Bonchev–Trinajstić information content (AvgIpc) is 3.04. The summed E-state index contributed by atoms with van der Waals surface area (Å²) in [5.41, 5.74) is 15.5. The van der Waals surface area contributed by atoms with E-state index in [1.54, 1.807) is 78.2 Å². The van der Waals surface area contributed by atoms with Crippen LogP contribution in [0.25, 0.3) is 0 Å². The summed E-state index contributed by atoms with van der Waals surface area (Å²) >= 11 is 0. The fourth-order valence-electron chi connectivity index (χ4n) is 5.15. The summed E-state index contributed by atoms with van der Waals surface area (Å²) < 4.78 is 0. The molecule has 49 heavy (non-hydrogen) atoms. The zero-order valence-corrected chi connectivity index (χ0v) is 26.4. The summed E-state index contributed by atoms with van der Waals surface area (Å²) in [4.78, 5) is 79.1. The summed E-state index contributed by atoms with van der Waals surface area (Å²) in [7, 11) is 0. The molecule has 16 nitrogen and oxygen atoms in total. The lowest BCUT2D eigenvalue weighted by Gasteiger charge is -2.33. The number of hydrazine groups is 1. The lowest BCUT2D eigenvalue weighted by molar-refractivity contribution is -0.525. The van der Waals surface area contributed by atoms with Crippen LogP contribution in [0, 0.1) is 10.1 Å². The fraction of sp³-hybridized carbons (Fsp3) is 0.273. The molecular weight excluding hydrogens is 638 g/mol. The van der Waals surface area contributed by atoms with Crippen LogP contribution in [0.3, 0.4) is 0 Å². The summed E-state index contributed by atoms with van der Waals surface area (Å²) in [6.07, 6.45) is -0.0162. The van der Waals surface area contributed by atoms with Crippen molar-refractivity contribution < 1.29 is 39.2 Å². The monoisotopic (exact) mass is 675 g/mol. The molecule has 0 aliphatic rings. The molecule has 3 aromatic carbocycles. The molecule has 0 aromatic heterocycles. The van der Waals surface area contributed by atoms with Crippen molar-refractivity contribution in [2.75, 3.05) is 19.6 Å². The number of nitrogens with zero attached hydrogens (tertiary/aromatic N) is 4. The van der Waals surface area contributed by atoms with E-state index >= 15 is 0 Å². The number of hydrogen-bond donors (Lipinski definition) is 5. The largest absolute Gasteiger partial charge is 0.480 e. The Hall–Kier alpha value is -6.32. The second kappa shape index (κ2) is 18.1. The standard InChI is InChI=1S/C33H37N7O9/c34-31(46)26(12-7-17-36-33(35)37-40(48)49)39(32(47)30(24-8-3-1-4-9-24)25-10-5-2-6-11-25)19-23-15-13-22(14-16-23)18-27(41)38(20-28(42)43)21-29(44)45/h1-6,8-11,13-16,26,30H,7,12,17-21H2,(H2,34,46)(H,42,43)(H,44,45)(H3,35,36,37)/t26-/m1/s1. The normalized spacial score (nSPS) is 11.7. The molecule has 0 fully saturated rings. The van der Waals surface area contributed by atoms with E-state index in [-0.39, 0.29) is 32.4 Å². The minimum atomic E-state index is -1.36. The smallest absolute Gasteiger partial charge is 0.323 e. The van der Waals surface area contributed by atoms with Crippen LogP contribution in [-0.2, 0) is 36.9 Å². The van der Waals surface area contributed by atoms with Crippen molar-refractivity contribution >= 4 is 35.6 Å². The molecule has 3 amide bonds. The first kappa shape index (κ1) is 37.1. The highest BCUT2D eigenvalue weighted by Crippen LogP contribution is 2.29. The van der Waals surface area contributed by atoms with Crippen LogP contribution in [0.2, 0.25) is 0 Å². The van der Waals surface area contributed by atoms with Crippen LogP contribution in [-0.4, -0.2) is 86.3 Å². The Bertz CT molecular complexity index is 1600. The summed E-state index contributed by atoms with van der Waals surface area (Å²) in [5, 5.41) is 27.9. The molecule has 258 valence electrons. The first-order valence-corrected chi connectivity index (χ1v) is 15.1. The van der Waals surface area contributed by atoms with Crippen LogP contribution < -0.4 is 16.9 Å². The second-order valence-corrected chi connectivity index (χ2v) is 10.9. The third-order valence-corrected chi connectivity index (χ3v) is 7.36. The van der Waals surface area contributed by atoms with Gasteiger partial charge in [-0.05, 0) is 35.1 Å². The number of carboxylic acid groups (broad SMARTS) is 2. The van der Waals surface area contributed by atoms with Crippen molar-refractivity contribution in [3.63, 3.8) is 0 Å². The maximum absolute atomic E-state index is 14.6. The van der Waals surface area contributed by atoms with Gasteiger partial charge in [-0.25, -0.2) is 15.1 Å². The lowest BCUT2D eigenvalue weighted by Crippen LogP contribution is -2.49. The van der Waals surface area contributed by atoms with Gasteiger partial charge >= 0.3 is 11.9 Å². The van der Waals surface area contributed by atoms with Gasteiger partial charge in [-0.15, -0.1) is 0 Å². The van der Waals surface area contributed by atoms with Gasteiger partial charge in [0.15, 0.2) is 5.03 Å². The molecule has 3 rings (SSSR count). The minimum Gasteiger partial charge on any atom is -0.480 e. The highest BCUT2D eigenvalue weighted by molar-refractivity contribution is 5.92. The van der Waals surface area contributed by atoms with E-state index in [9.17, 15) is 34.1 Å². The SMILES string of the molecule is NC(=O)[C@@H](CCCN=C(N)N[N+](=O)[O-])N(Cc1ccc(CC(=O)N(CC(=O)O)CC(=O)O)cc1)C(=O)C(c1ccccc1)c1ccccc1. The quantitative estimate of drug-likeness (QED) is 0.0420. The molecule has 3 aromatic rings. The van der Waals surface area contributed by atoms with Crippen molar-refractivity contribution in [2.24, 2.45) is 16.5 Å². The molecule has 0 spiro atoms. The van der Waals surface area contributed by atoms with E-state index in [0.29, 0.717) is 22.3 Å². The van der Waals surface area contributed by atoms with E-state index < -0.39 is 65.7 Å². The number of nitro groups is 1. The zero-order valence-electron chi connectivity index (χ0n) is 26.4. The van der Waals surface area contributed by atoms with Crippen LogP contribution in [0.4, 0.5) is 0 Å². The van der Waals surface area contributed by atoms with Crippen LogP contribution in [0.15, 0.2) is 89.9 Å². The Labute approximate surface area is 281 Å². The third kappa shape index (κ3) is 11.8. The summed E-state index contributed by atoms with van der Waals surface area (Å²) in [6.45, 7) is -1.62. The van der Waals surface area contributed by atoms with Gasteiger partial charge in [-0.1, -0.05) is 90.4 Å². The number of nitrogens with one attached hydrogen (secondary N) is 1. The van der Waals surface area contributed by atoms with E-state index in [1.165, 1.54) is 4.90 Å². The molecule has 0 bridgehead atoms. The van der Waals surface area contributed by atoms with Crippen molar-refractivity contribution in [3.05, 3.63) is 117 Å². The number of guanidine groups is 1. The molecule has 1 atom stereocenters. The molecule has 0 aliphatic heterocycles. The van der Waals surface area contributed by atoms with Gasteiger partial charge in [0.25, 0.3) is 5.96 Å². The highest BCUT2D eigenvalue weighted by Gasteiger charge is 2.34. The number of amides is 3. The molecule has 0 saturated carbocycles. The number of rotatable bonds is 18. The number of carbonyl (C=O) groups is 5. The Morgan fingerprint density at radius 2 is 1.33 bits per heavy atom. The number of carbonyl (C=O) groups excluding carboxylic acids is 3. The molecule has 0 aliphatic carbocycles. The van der Waals surface area contributed by atoms with Gasteiger partial charge in [-0.3, -0.25) is 24.0 Å². The minimum absolute atomic E-state index is 0.00276. The predicted molar refractivity (Wildman–Crippen MR) is 176 cm³/mol. The zero-order chi connectivity index (χ0) is 35.9. The van der Waals surface area contributed by atoms with Gasteiger partial charge < -0.3 is 31.5 Å². The summed E-state index contributed by atoms with van der Waals surface area (Å²) in [6, 6.07) is 23.3. The number of aliphatic carboxylic acids is 2. The van der Waals surface area contributed by atoms with Crippen molar-refractivity contribution in [2.45, 2.75) is 37.8 Å². The molecule has 0 radical (unpaired) electrons. The van der Waals surface area contributed by atoms with Gasteiger partial charge in [0.05, 0.1) is 12.3 Å². The van der Waals surface area contributed by atoms with E-state index in [4.69, 9.17) is 21.7 Å². The number of aliphatic imine (C=N–C) groups is 1. The van der Waals surface area contributed by atoms with Crippen LogP contribution >= 0.6 is 0 Å². The Morgan fingerprint density at radius 3 is 1.80 bits per heavy atom. The third-order valence-electron chi connectivity index (χ3n) is 7.36. The molecular formula is C33H37N7O9. The number of primary amides is 1. The van der Waals surface area contributed by atoms with Gasteiger partial charge in [0.2, 0.25) is 17.7 Å². The fourth-order valence-corrected chi connectivity index (χ4v) is 5.15. The lowest BCUT2D eigenvalue weighted by atomic mass is 9.89. The Kier molecular flexibility index (Phi) is 13.7. The van der Waals surface area contributed by atoms with Gasteiger partial charge in [0.1, 0.15) is 19.1 Å². The Balaban J connectivity index is 1.94. The maximum Gasteiger partial charge on any atom is 0.323 e. The van der Waals surface area contributed by atoms with Gasteiger partial charge in [-0.2, -0.15) is 0 Å². The van der Waals surface area contributed by atoms with Crippen LogP contribution in [0.1, 0.15) is 41.0 Å². The van der Waals surface area contributed by atoms with E-state index in [2.05, 4.69) is 4.99 Å². The Morgan fingerprint density at radius 1 is 0.816 bits per heavy atom. The molecule has 0 saturated heterocycles. The van der Waals surface area contributed by atoms with E-state index in [0.717, 1.165) is 4.90 Å². The number of nitrogens with two attached hydrogens (primary N) is 2. The molecule has 0 heterocycles. The van der Waals surface area contributed by atoms with E-state index in [1.807, 2.05) is 12.1 Å². The predicted octanol–water partition coefficient (Wildman–Crippen LogP) is 1.12. The number of hydrogen-bond acceptors (Lipinski definition) is 8. The topological polar surface area (TPSA) is 252 Å². The van der Waals surface area contributed by atoms with Crippen molar-refractivity contribution in [1.82, 2.24) is 15.2 Å². The van der Waals surface area contributed by atoms with Crippen LogP contribution in [0.5, 0.6) is 0 Å². The first-order chi connectivity index (χ1) is 23.3. The number of carboxylic acids is 2. The first-order valence-electron chi connectivity index (χ1n) is 15.1. The maximum atomic E-state index is 14.6.